The zero-order chi connectivity index (χ0) is 15.2. The Kier molecular flexibility index (Phi) is 4.95. The third-order valence-electron chi connectivity index (χ3n) is 3.12. The number of anilines is 1. The average molecular weight is 285 g/mol. The first-order chi connectivity index (χ1) is 10.1. The van der Waals surface area contributed by atoms with E-state index < -0.39 is 6.09 Å². The van der Waals surface area contributed by atoms with Crippen LogP contribution in [0.25, 0.3) is 0 Å². The van der Waals surface area contributed by atoms with E-state index in [2.05, 4.69) is 0 Å². The highest BCUT2D eigenvalue weighted by Crippen LogP contribution is 2.22. The van der Waals surface area contributed by atoms with Gasteiger partial charge in [0, 0.05) is 0 Å². The standard InChI is InChI=1S/C17H19NO3/c1-13-9-10-16(14(2)11-13)18(20-3)17(19)21-12-15-7-5-4-6-8-15/h4-11H,12H2,1-3H3. The lowest BCUT2D eigenvalue weighted by molar-refractivity contribution is 0.0952. The van der Waals surface area contributed by atoms with E-state index in [4.69, 9.17) is 9.57 Å². The van der Waals surface area contributed by atoms with Crippen LogP contribution in [-0.4, -0.2) is 13.2 Å². The molecule has 1 amide bonds. The Labute approximate surface area is 124 Å². The summed E-state index contributed by atoms with van der Waals surface area (Å²) < 4.78 is 5.28. The highest BCUT2D eigenvalue weighted by atomic mass is 16.7. The number of carbonyl (C=O) groups is 1. The Bertz CT molecular complexity index is 611. The Morgan fingerprint density at radius 2 is 1.81 bits per heavy atom. The quantitative estimate of drug-likeness (QED) is 0.797. The van der Waals surface area contributed by atoms with Crippen LogP contribution in [-0.2, 0) is 16.2 Å². The Morgan fingerprint density at radius 3 is 2.43 bits per heavy atom. The molecule has 0 fully saturated rings. The average Bonchev–Trinajstić information content (AvgIpc) is 2.49. The van der Waals surface area contributed by atoms with Crippen LogP contribution in [0.1, 0.15) is 16.7 Å². The van der Waals surface area contributed by atoms with Gasteiger partial charge >= 0.3 is 6.09 Å². The number of carbonyl (C=O) groups excluding carboxylic acids is 1. The maximum Gasteiger partial charge on any atom is 0.439 e. The van der Waals surface area contributed by atoms with Crippen LogP contribution in [0.5, 0.6) is 0 Å². The number of rotatable bonds is 4. The summed E-state index contributed by atoms with van der Waals surface area (Å²) in [6, 6.07) is 15.3. The van der Waals surface area contributed by atoms with Crippen molar-refractivity contribution in [2.24, 2.45) is 0 Å². The second kappa shape index (κ2) is 6.90. The normalized spacial score (nSPS) is 10.2. The number of benzene rings is 2. The molecule has 0 saturated heterocycles. The first kappa shape index (κ1) is 15.1. The van der Waals surface area contributed by atoms with Crippen LogP contribution in [0.15, 0.2) is 48.5 Å². The smallest absolute Gasteiger partial charge is 0.439 e. The van der Waals surface area contributed by atoms with Gasteiger partial charge in [-0.15, -0.1) is 0 Å². The fraction of sp³-hybridized carbons (Fsp3) is 0.235. The molecule has 0 aliphatic carbocycles. The minimum absolute atomic E-state index is 0.213. The fourth-order valence-electron chi connectivity index (χ4n) is 2.08. The zero-order valence-electron chi connectivity index (χ0n) is 12.5. The molecule has 2 aromatic carbocycles. The van der Waals surface area contributed by atoms with Crippen molar-refractivity contribution in [1.29, 1.82) is 0 Å². The van der Waals surface area contributed by atoms with Gasteiger partial charge in [0.25, 0.3) is 0 Å². The molecule has 0 aliphatic heterocycles. The van der Waals surface area contributed by atoms with Gasteiger partial charge in [0.05, 0.1) is 12.8 Å². The third kappa shape index (κ3) is 3.83. The minimum Gasteiger partial charge on any atom is -0.443 e. The number of aryl methyl sites for hydroxylation is 2. The number of nitrogens with zero attached hydrogens (tertiary/aromatic N) is 1. The Balaban J connectivity index is 2.08. The summed E-state index contributed by atoms with van der Waals surface area (Å²) in [5.74, 6) is 0. The van der Waals surface area contributed by atoms with Crippen molar-refractivity contribution >= 4 is 11.8 Å². The van der Waals surface area contributed by atoms with Crippen LogP contribution >= 0.6 is 0 Å². The number of amides is 1. The molecule has 4 heteroatoms. The maximum atomic E-state index is 12.2. The van der Waals surface area contributed by atoms with Gasteiger partial charge < -0.3 is 4.74 Å². The van der Waals surface area contributed by atoms with E-state index in [0.717, 1.165) is 21.8 Å². The second-order valence-electron chi connectivity index (χ2n) is 4.81. The van der Waals surface area contributed by atoms with Gasteiger partial charge in [0.2, 0.25) is 0 Å². The molecule has 110 valence electrons. The minimum atomic E-state index is -0.534. The SMILES string of the molecule is CON(C(=O)OCc1ccccc1)c1ccc(C)cc1C. The summed E-state index contributed by atoms with van der Waals surface area (Å²) in [5, 5.41) is 1.16. The van der Waals surface area contributed by atoms with E-state index in [0.29, 0.717) is 5.69 Å². The van der Waals surface area contributed by atoms with Crippen molar-refractivity contribution in [3.63, 3.8) is 0 Å². The molecule has 0 bridgehead atoms. The fourth-order valence-corrected chi connectivity index (χ4v) is 2.08. The van der Waals surface area contributed by atoms with E-state index in [1.54, 1.807) is 0 Å². The van der Waals surface area contributed by atoms with Gasteiger partial charge in [0.1, 0.15) is 6.61 Å². The maximum absolute atomic E-state index is 12.2. The van der Waals surface area contributed by atoms with Crippen LogP contribution in [0.2, 0.25) is 0 Å². The monoisotopic (exact) mass is 285 g/mol. The molecule has 0 unspecified atom stereocenters. The van der Waals surface area contributed by atoms with E-state index in [-0.39, 0.29) is 6.61 Å². The van der Waals surface area contributed by atoms with Crippen molar-refractivity contribution in [2.75, 3.05) is 12.2 Å². The lowest BCUT2D eigenvalue weighted by atomic mass is 10.1. The molecule has 0 saturated carbocycles. The predicted molar refractivity (Wildman–Crippen MR) is 82.0 cm³/mol. The summed E-state index contributed by atoms with van der Waals surface area (Å²) in [5.41, 5.74) is 3.70. The van der Waals surface area contributed by atoms with Crippen LogP contribution < -0.4 is 5.06 Å². The molecular weight excluding hydrogens is 266 g/mol. The van der Waals surface area contributed by atoms with E-state index in [1.807, 2.05) is 62.4 Å². The van der Waals surface area contributed by atoms with Gasteiger partial charge in [-0.3, -0.25) is 4.84 Å². The molecule has 2 rings (SSSR count). The second-order valence-corrected chi connectivity index (χ2v) is 4.81. The molecule has 0 radical (unpaired) electrons. The van der Waals surface area contributed by atoms with Crippen molar-refractivity contribution in [1.82, 2.24) is 0 Å². The molecule has 0 atom stereocenters. The molecule has 0 N–H and O–H groups in total. The van der Waals surface area contributed by atoms with Gasteiger partial charge in [0.15, 0.2) is 0 Å². The summed E-state index contributed by atoms with van der Waals surface area (Å²) in [7, 11) is 1.45. The molecule has 0 heterocycles. The number of hydrogen-bond donors (Lipinski definition) is 0. The van der Waals surface area contributed by atoms with Gasteiger partial charge in [-0.1, -0.05) is 48.0 Å². The van der Waals surface area contributed by atoms with Crippen LogP contribution in [0.3, 0.4) is 0 Å². The summed E-state index contributed by atoms with van der Waals surface area (Å²) in [6.45, 7) is 4.14. The zero-order valence-corrected chi connectivity index (χ0v) is 12.5. The molecule has 21 heavy (non-hydrogen) atoms. The topological polar surface area (TPSA) is 38.8 Å². The lowest BCUT2D eigenvalue weighted by Crippen LogP contribution is -2.31. The highest BCUT2D eigenvalue weighted by Gasteiger charge is 2.19. The Morgan fingerprint density at radius 1 is 1.10 bits per heavy atom. The van der Waals surface area contributed by atoms with Crippen LogP contribution in [0, 0.1) is 13.8 Å². The summed E-state index contributed by atoms with van der Waals surface area (Å²) >= 11 is 0. The van der Waals surface area contributed by atoms with Crippen molar-refractivity contribution in [2.45, 2.75) is 20.5 Å². The molecule has 0 aromatic heterocycles. The lowest BCUT2D eigenvalue weighted by Gasteiger charge is -2.21. The van der Waals surface area contributed by atoms with E-state index in [9.17, 15) is 4.79 Å². The highest BCUT2D eigenvalue weighted by molar-refractivity contribution is 5.86. The largest absolute Gasteiger partial charge is 0.443 e. The van der Waals surface area contributed by atoms with Crippen molar-refractivity contribution in [3.05, 3.63) is 65.2 Å². The molecule has 4 nitrogen and oxygen atoms in total. The van der Waals surface area contributed by atoms with Crippen molar-refractivity contribution < 1.29 is 14.4 Å². The third-order valence-corrected chi connectivity index (χ3v) is 3.12. The first-order valence-corrected chi connectivity index (χ1v) is 6.74. The number of ether oxygens (including phenoxy) is 1. The Hall–Kier alpha value is -2.33. The molecule has 0 aliphatic rings. The summed E-state index contributed by atoms with van der Waals surface area (Å²) in [6.07, 6.45) is -0.534. The van der Waals surface area contributed by atoms with E-state index >= 15 is 0 Å². The molecular formula is C17H19NO3. The summed E-state index contributed by atoms with van der Waals surface area (Å²) in [4.78, 5) is 17.3. The van der Waals surface area contributed by atoms with Gasteiger partial charge in [-0.25, -0.2) is 4.79 Å². The van der Waals surface area contributed by atoms with Gasteiger partial charge in [-0.05, 0) is 31.0 Å². The van der Waals surface area contributed by atoms with Crippen LogP contribution in [0.4, 0.5) is 10.5 Å². The first-order valence-electron chi connectivity index (χ1n) is 6.74. The molecule has 0 spiro atoms. The van der Waals surface area contributed by atoms with E-state index in [1.165, 1.54) is 7.11 Å². The van der Waals surface area contributed by atoms with Crippen molar-refractivity contribution in [3.8, 4) is 0 Å². The number of hydroxylamine groups is 1. The number of hydrogen-bond acceptors (Lipinski definition) is 3. The van der Waals surface area contributed by atoms with Gasteiger partial charge in [-0.2, -0.15) is 5.06 Å². The predicted octanol–water partition coefficient (Wildman–Crippen LogP) is 4.01. The molecule has 2 aromatic rings.